The second kappa shape index (κ2) is 7.11. The molecule has 0 bridgehead atoms. The van der Waals surface area contributed by atoms with Crippen molar-refractivity contribution >= 4 is 32.2 Å². The molecule has 0 saturated heterocycles. The van der Waals surface area contributed by atoms with Crippen molar-refractivity contribution in [2.75, 3.05) is 17.7 Å². The van der Waals surface area contributed by atoms with E-state index in [4.69, 9.17) is 0 Å². The van der Waals surface area contributed by atoms with Gasteiger partial charge in [-0.15, -0.1) is 0 Å². The van der Waals surface area contributed by atoms with Crippen LogP contribution in [0, 0.1) is 0 Å². The first kappa shape index (κ1) is 19.3. The fourth-order valence-electron chi connectivity index (χ4n) is 3.75. The highest BCUT2D eigenvalue weighted by atomic mass is 32.2. The first-order valence-corrected chi connectivity index (χ1v) is 11.3. The number of carbonyl (C=O) groups is 1. The second-order valence-corrected chi connectivity index (χ2v) is 9.15. The number of nitrogens with zero attached hydrogens (tertiary/aromatic N) is 3. The third kappa shape index (κ3) is 3.33. The SMILES string of the molecule is CCn1nc(C(=O)N2CCCc3cc(S(C)(=O)=O)ccc32)c2ccccc2c1=O. The molecule has 29 heavy (non-hydrogen) atoms. The Hall–Kier alpha value is -3.00. The number of carbonyl (C=O) groups excluding carboxylic acids is 1. The molecule has 0 unspecified atom stereocenters. The van der Waals surface area contributed by atoms with Gasteiger partial charge in [0.15, 0.2) is 15.5 Å². The molecule has 0 atom stereocenters. The zero-order chi connectivity index (χ0) is 20.8. The topological polar surface area (TPSA) is 89.3 Å². The van der Waals surface area contributed by atoms with Gasteiger partial charge in [-0.05, 0) is 49.6 Å². The molecule has 0 radical (unpaired) electrons. The number of aryl methyl sites for hydroxylation is 2. The summed E-state index contributed by atoms with van der Waals surface area (Å²) < 4.78 is 25.1. The van der Waals surface area contributed by atoms with Crippen molar-refractivity contribution in [1.82, 2.24) is 9.78 Å². The summed E-state index contributed by atoms with van der Waals surface area (Å²) in [6.45, 7) is 2.67. The van der Waals surface area contributed by atoms with Crippen molar-refractivity contribution in [2.24, 2.45) is 0 Å². The highest BCUT2D eigenvalue weighted by Gasteiger charge is 2.27. The number of hydrogen-bond donors (Lipinski definition) is 0. The summed E-state index contributed by atoms with van der Waals surface area (Å²) >= 11 is 0. The van der Waals surface area contributed by atoms with Gasteiger partial charge in [-0.1, -0.05) is 18.2 Å². The minimum absolute atomic E-state index is 0.224. The van der Waals surface area contributed by atoms with Crippen LogP contribution in [0.15, 0.2) is 52.2 Å². The van der Waals surface area contributed by atoms with Gasteiger partial charge in [-0.2, -0.15) is 5.10 Å². The minimum atomic E-state index is -3.32. The van der Waals surface area contributed by atoms with Crippen molar-refractivity contribution in [3.05, 3.63) is 64.1 Å². The van der Waals surface area contributed by atoms with Crippen molar-refractivity contribution in [3.8, 4) is 0 Å². The molecule has 0 fully saturated rings. The normalized spacial score (nSPS) is 14.1. The molecule has 7 nitrogen and oxygen atoms in total. The molecule has 2 aromatic carbocycles. The van der Waals surface area contributed by atoms with Crippen LogP contribution in [0.5, 0.6) is 0 Å². The molecule has 0 aliphatic carbocycles. The molecule has 3 aromatic rings. The van der Waals surface area contributed by atoms with Crippen molar-refractivity contribution < 1.29 is 13.2 Å². The number of fused-ring (bicyclic) bond motifs is 2. The van der Waals surface area contributed by atoms with Gasteiger partial charge in [0.2, 0.25) is 0 Å². The lowest BCUT2D eigenvalue weighted by atomic mass is 10.0. The number of sulfone groups is 1. The molecule has 1 aliphatic heterocycles. The molecule has 150 valence electrons. The van der Waals surface area contributed by atoms with Gasteiger partial charge in [0.25, 0.3) is 11.5 Å². The Morgan fingerprint density at radius 1 is 1.14 bits per heavy atom. The van der Waals surface area contributed by atoms with Gasteiger partial charge < -0.3 is 4.90 Å². The van der Waals surface area contributed by atoms with Crippen molar-refractivity contribution in [3.63, 3.8) is 0 Å². The summed E-state index contributed by atoms with van der Waals surface area (Å²) in [5.74, 6) is -0.295. The van der Waals surface area contributed by atoms with Crippen molar-refractivity contribution in [2.45, 2.75) is 31.2 Å². The van der Waals surface area contributed by atoms with Crippen LogP contribution in [-0.2, 0) is 22.8 Å². The number of aromatic nitrogens is 2. The summed E-state index contributed by atoms with van der Waals surface area (Å²) in [6.07, 6.45) is 2.59. The fourth-order valence-corrected chi connectivity index (χ4v) is 4.42. The predicted octanol–water partition coefficient (Wildman–Crippen LogP) is 2.41. The monoisotopic (exact) mass is 411 g/mol. The number of amides is 1. The largest absolute Gasteiger partial charge is 0.307 e. The Morgan fingerprint density at radius 3 is 2.55 bits per heavy atom. The first-order chi connectivity index (χ1) is 13.8. The summed E-state index contributed by atoms with van der Waals surface area (Å²) in [5.41, 5.74) is 1.51. The number of benzene rings is 2. The van der Waals surface area contributed by atoms with Gasteiger partial charge >= 0.3 is 0 Å². The van der Waals surface area contributed by atoms with Crippen LogP contribution in [0.3, 0.4) is 0 Å². The molecule has 0 spiro atoms. The van der Waals surface area contributed by atoms with E-state index in [1.54, 1.807) is 48.2 Å². The summed E-state index contributed by atoms with van der Waals surface area (Å²) in [7, 11) is -3.32. The van der Waals surface area contributed by atoms with Crippen LogP contribution in [0.1, 0.15) is 29.4 Å². The van der Waals surface area contributed by atoms with Gasteiger partial charge in [0.1, 0.15) is 0 Å². The Morgan fingerprint density at radius 2 is 1.86 bits per heavy atom. The Kier molecular flexibility index (Phi) is 4.74. The highest BCUT2D eigenvalue weighted by Crippen LogP contribution is 2.31. The van der Waals surface area contributed by atoms with Gasteiger partial charge in [-0.3, -0.25) is 9.59 Å². The maximum absolute atomic E-state index is 13.5. The lowest BCUT2D eigenvalue weighted by Gasteiger charge is -2.30. The highest BCUT2D eigenvalue weighted by molar-refractivity contribution is 7.90. The molecule has 8 heteroatoms. The van der Waals surface area contributed by atoms with E-state index >= 15 is 0 Å². The van der Waals surface area contributed by atoms with Crippen LogP contribution in [0.2, 0.25) is 0 Å². The molecule has 1 amide bonds. The zero-order valence-electron chi connectivity index (χ0n) is 16.3. The third-order valence-electron chi connectivity index (χ3n) is 5.21. The van der Waals surface area contributed by atoms with E-state index in [1.165, 1.54) is 17.0 Å². The van der Waals surface area contributed by atoms with Crippen LogP contribution in [0.25, 0.3) is 10.8 Å². The van der Waals surface area contributed by atoms with Crippen LogP contribution in [0.4, 0.5) is 5.69 Å². The molecule has 4 rings (SSSR count). The minimum Gasteiger partial charge on any atom is -0.307 e. The third-order valence-corrected chi connectivity index (χ3v) is 6.32. The van der Waals surface area contributed by atoms with E-state index in [0.29, 0.717) is 36.0 Å². The molecule has 2 heterocycles. The Balaban J connectivity index is 1.85. The molecule has 0 N–H and O–H groups in total. The van der Waals surface area contributed by atoms with E-state index in [-0.39, 0.29) is 22.1 Å². The Bertz CT molecular complexity index is 1300. The predicted molar refractivity (Wildman–Crippen MR) is 111 cm³/mol. The van der Waals surface area contributed by atoms with E-state index in [1.807, 2.05) is 0 Å². The smallest absolute Gasteiger partial charge is 0.279 e. The zero-order valence-corrected chi connectivity index (χ0v) is 17.1. The number of rotatable bonds is 3. The molecule has 1 aromatic heterocycles. The lowest BCUT2D eigenvalue weighted by molar-refractivity contribution is 0.0980. The summed E-state index contributed by atoms with van der Waals surface area (Å²) in [4.78, 5) is 27.9. The molecular formula is C21H21N3O4S. The molecule has 1 aliphatic rings. The second-order valence-electron chi connectivity index (χ2n) is 7.14. The molecule has 0 saturated carbocycles. The van der Waals surface area contributed by atoms with Gasteiger partial charge in [0, 0.05) is 30.4 Å². The van der Waals surface area contributed by atoms with E-state index in [2.05, 4.69) is 5.10 Å². The van der Waals surface area contributed by atoms with Gasteiger partial charge in [0.05, 0.1) is 10.3 Å². The maximum Gasteiger partial charge on any atom is 0.279 e. The quantitative estimate of drug-likeness (QED) is 0.660. The van der Waals surface area contributed by atoms with Gasteiger partial charge in [-0.25, -0.2) is 13.1 Å². The van der Waals surface area contributed by atoms with E-state index in [0.717, 1.165) is 12.0 Å². The number of anilines is 1. The lowest BCUT2D eigenvalue weighted by Crippen LogP contribution is -2.37. The average molecular weight is 411 g/mol. The average Bonchev–Trinajstić information content (AvgIpc) is 2.72. The van der Waals surface area contributed by atoms with Crippen LogP contribution in [-0.4, -0.2) is 36.9 Å². The van der Waals surface area contributed by atoms with Crippen LogP contribution < -0.4 is 10.5 Å². The van der Waals surface area contributed by atoms with Crippen molar-refractivity contribution in [1.29, 1.82) is 0 Å². The Labute approximate surface area is 168 Å². The fraction of sp³-hybridized carbons (Fsp3) is 0.286. The summed E-state index contributed by atoms with van der Waals surface area (Å²) in [6, 6.07) is 11.8. The first-order valence-electron chi connectivity index (χ1n) is 9.46. The number of hydrogen-bond acceptors (Lipinski definition) is 5. The van der Waals surface area contributed by atoms with E-state index < -0.39 is 9.84 Å². The summed E-state index contributed by atoms with van der Waals surface area (Å²) in [5, 5.41) is 5.32. The maximum atomic E-state index is 13.5. The standard InChI is InChI=1S/C21H21N3O4S/c1-3-24-20(25)17-9-5-4-8-16(17)19(22-24)21(26)23-12-6-7-14-13-15(29(2,27)28)10-11-18(14)23/h4-5,8-11,13H,3,6-7,12H2,1-2H3. The van der Waals surface area contributed by atoms with Crippen LogP contribution >= 0.6 is 0 Å². The van der Waals surface area contributed by atoms with E-state index in [9.17, 15) is 18.0 Å². The molecular weight excluding hydrogens is 390 g/mol.